The largest absolute Gasteiger partial charge is 0.411 e. The minimum absolute atomic E-state index is 0.00542. The van der Waals surface area contributed by atoms with E-state index in [0.717, 1.165) is 4.90 Å². The first-order valence-electron chi connectivity index (χ1n) is 7.38. The third kappa shape index (κ3) is 2.67. The Morgan fingerprint density at radius 3 is 2.55 bits per heavy atom. The lowest BCUT2D eigenvalue weighted by molar-refractivity contribution is -0.227. The van der Waals surface area contributed by atoms with Gasteiger partial charge in [0, 0.05) is 25.7 Å². The molecule has 6 heteroatoms. The van der Waals surface area contributed by atoms with Gasteiger partial charge in [-0.05, 0) is 32.1 Å². The molecule has 2 aliphatic rings. The van der Waals surface area contributed by atoms with Gasteiger partial charge in [0.05, 0.1) is 0 Å². The molecular formula is C14H22F3NO2. The maximum atomic E-state index is 13.6. The van der Waals surface area contributed by atoms with Gasteiger partial charge in [0.15, 0.2) is 0 Å². The summed E-state index contributed by atoms with van der Waals surface area (Å²) >= 11 is 0. The molecule has 116 valence electrons. The molecule has 0 saturated carbocycles. The molecule has 0 N–H and O–H groups in total. The van der Waals surface area contributed by atoms with Crippen LogP contribution in [0.3, 0.4) is 0 Å². The predicted molar refractivity (Wildman–Crippen MR) is 68.2 cm³/mol. The van der Waals surface area contributed by atoms with Gasteiger partial charge in [0.25, 0.3) is 0 Å². The standard InChI is InChI=1S/C14H22F3NO2/c1-2-6-13(14(15,16)17)7-3-8-18(13)12(19)11-4-9-20-10-5-11/h11H,2-10H2,1H3. The number of rotatable bonds is 3. The second kappa shape index (κ2) is 5.92. The quantitative estimate of drug-likeness (QED) is 0.800. The first kappa shape index (κ1) is 15.6. The van der Waals surface area contributed by atoms with Crippen LogP contribution < -0.4 is 0 Å². The van der Waals surface area contributed by atoms with Crippen molar-refractivity contribution in [2.75, 3.05) is 19.8 Å². The van der Waals surface area contributed by atoms with Gasteiger partial charge in [0.2, 0.25) is 5.91 Å². The maximum absolute atomic E-state index is 13.6. The number of hydrogen-bond donors (Lipinski definition) is 0. The number of nitrogens with zero attached hydrogens (tertiary/aromatic N) is 1. The van der Waals surface area contributed by atoms with Crippen LogP contribution in [0, 0.1) is 5.92 Å². The van der Waals surface area contributed by atoms with Crippen molar-refractivity contribution in [2.24, 2.45) is 5.92 Å². The van der Waals surface area contributed by atoms with Crippen LogP contribution in [-0.2, 0) is 9.53 Å². The van der Waals surface area contributed by atoms with E-state index in [1.807, 2.05) is 0 Å². The smallest absolute Gasteiger partial charge is 0.381 e. The molecule has 1 unspecified atom stereocenters. The van der Waals surface area contributed by atoms with Crippen molar-refractivity contribution < 1.29 is 22.7 Å². The molecule has 20 heavy (non-hydrogen) atoms. The van der Waals surface area contributed by atoms with Crippen molar-refractivity contribution in [3.63, 3.8) is 0 Å². The zero-order valence-electron chi connectivity index (χ0n) is 11.8. The summed E-state index contributed by atoms with van der Waals surface area (Å²) in [5.74, 6) is -0.628. The Hall–Kier alpha value is -0.780. The molecule has 0 spiro atoms. The van der Waals surface area contributed by atoms with Gasteiger partial charge >= 0.3 is 6.18 Å². The molecule has 2 saturated heterocycles. The van der Waals surface area contributed by atoms with Gasteiger partial charge in [-0.25, -0.2) is 0 Å². The fourth-order valence-electron chi connectivity index (χ4n) is 3.47. The Morgan fingerprint density at radius 1 is 1.35 bits per heavy atom. The summed E-state index contributed by atoms with van der Waals surface area (Å²) < 4.78 is 45.9. The van der Waals surface area contributed by atoms with E-state index in [1.165, 1.54) is 0 Å². The van der Waals surface area contributed by atoms with E-state index >= 15 is 0 Å². The van der Waals surface area contributed by atoms with Crippen LogP contribution in [0.1, 0.15) is 45.4 Å². The maximum Gasteiger partial charge on any atom is 0.411 e. The fraction of sp³-hybridized carbons (Fsp3) is 0.929. The monoisotopic (exact) mass is 293 g/mol. The summed E-state index contributed by atoms with van der Waals surface area (Å²) in [4.78, 5) is 13.6. The highest BCUT2D eigenvalue weighted by Gasteiger charge is 2.61. The van der Waals surface area contributed by atoms with Gasteiger partial charge in [-0.2, -0.15) is 13.2 Å². The first-order valence-corrected chi connectivity index (χ1v) is 7.38. The van der Waals surface area contributed by atoms with Crippen LogP contribution in [0.25, 0.3) is 0 Å². The Kier molecular flexibility index (Phi) is 4.62. The third-order valence-electron chi connectivity index (χ3n) is 4.52. The van der Waals surface area contributed by atoms with Crippen LogP contribution in [0.15, 0.2) is 0 Å². The van der Waals surface area contributed by atoms with Crippen molar-refractivity contribution in [2.45, 2.75) is 57.2 Å². The topological polar surface area (TPSA) is 29.5 Å². The Labute approximate surface area is 117 Å². The highest BCUT2D eigenvalue weighted by atomic mass is 19.4. The van der Waals surface area contributed by atoms with Gasteiger partial charge < -0.3 is 9.64 Å². The molecule has 0 aromatic carbocycles. The van der Waals surface area contributed by atoms with Gasteiger partial charge in [0.1, 0.15) is 5.54 Å². The second-order valence-corrected chi connectivity index (χ2v) is 5.76. The Balaban J connectivity index is 2.21. The summed E-state index contributed by atoms with van der Waals surface area (Å²) in [5.41, 5.74) is -1.93. The molecule has 0 aliphatic carbocycles. The number of hydrogen-bond acceptors (Lipinski definition) is 2. The van der Waals surface area contributed by atoms with Crippen molar-refractivity contribution in [1.82, 2.24) is 4.90 Å². The van der Waals surface area contributed by atoms with Crippen LogP contribution >= 0.6 is 0 Å². The number of carbonyl (C=O) groups excluding carboxylic acids is 1. The molecule has 2 rings (SSSR count). The van der Waals surface area contributed by atoms with Gasteiger partial charge in [-0.3, -0.25) is 4.79 Å². The van der Waals surface area contributed by atoms with E-state index in [1.54, 1.807) is 6.92 Å². The second-order valence-electron chi connectivity index (χ2n) is 5.76. The van der Waals surface area contributed by atoms with Crippen LogP contribution in [0.2, 0.25) is 0 Å². The molecular weight excluding hydrogens is 271 g/mol. The van der Waals surface area contributed by atoms with E-state index in [-0.39, 0.29) is 31.2 Å². The number of amides is 1. The highest BCUT2D eigenvalue weighted by molar-refractivity contribution is 5.80. The summed E-state index contributed by atoms with van der Waals surface area (Å²) in [5, 5.41) is 0. The Morgan fingerprint density at radius 2 is 2.00 bits per heavy atom. The zero-order chi connectivity index (χ0) is 14.8. The van der Waals surface area contributed by atoms with Gasteiger partial charge in [-0.1, -0.05) is 13.3 Å². The lowest BCUT2D eigenvalue weighted by atomic mass is 9.88. The molecule has 2 fully saturated rings. The van der Waals surface area contributed by atoms with Crippen LogP contribution in [0.4, 0.5) is 13.2 Å². The van der Waals surface area contributed by atoms with Crippen molar-refractivity contribution in [1.29, 1.82) is 0 Å². The minimum Gasteiger partial charge on any atom is -0.381 e. The normalized spacial score (nSPS) is 28.9. The summed E-state index contributed by atoms with van der Waals surface area (Å²) in [6.45, 7) is 2.91. The molecule has 2 aliphatic heterocycles. The molecule has 2 heterocycles. The minimum atomic E-state index is -4.35. The third-order valence-corrected chi connectivity index (χ3v) is 4.52. The molecule has 0 radical (unpaired) electrons. The summed E-state index contributed by atoms with van der Waals surface area (Å²) in [7, 11) is 0. The number of carbonyl (C=O) groups is 1. The molecule has 0 aromatic rings. The zero-order valence-corrected chi connectivity index (χ0v) is 11.8. The summed E-state index contributed by atoms with van der Waals surface area (Å²) in [6.07, 6.45) is -2.36. The van der Waals surface area contributed by atoms with Crippen molar-refractivity contribution >= 4 is 5.91 Å². The van der Waals surface area contributed by atoms with Crippen LogP contribution in [0.5, 0.6) is 0 Å². The van der Waals surface area contributed by atoms with E-state index in [0.29, 0.717) is 38.9 Å². The Bertz CT molecular complexity index is 353. The van der Waals surface area contributed by atoms with E-state index in [4.69, 9.17) is 4.74 Å². The SMILES string of the molecule is CCCC1(C(F)(F)F)CCCN1C(=O)C1CCOCC1. The highest BCUT2D eigenvalue weighted by Crippen LogP contribution is 2.47. The van der Waals surface area contributed by atoms with E-state index < -0.39 is 11.7 Å². The van der Waals surface area contributed by atoms with Gasteiger partial charge in [-0.15, -0.1) is 0 Å². The average molecular weight is 293 g/mol. The predicted octanol–water partition coefficient (Wildman–Crippen LogP) is 3.14. The fourth-order valence-corrected chi connectivity index (χ4v) is 3.47. The van der Waals surface area contributed by atoms with Crippen molar-refractivity contribution in [3.8, 4) is 0 Å². The molecule has 0 aromatic heterocycles. The molecule has 1 atom stereocenters. The van der Waals surface area contributed by atoms with Crippen LogP contribution in [-0.4, -0.2) is 42.3 Å². The molecule has 1 amide bonds. The van der Waals surface area contributed by atoms with E-state index in [2.05, 4.69) is 0 Å². The van der Waals surface area contributed by atoms with E-state index in [9.17, 15) is 18.0 Å². The number of likely N-dealkylation sites (tertiary alicyclic amines) is 1. The number of ether oxygens (including phenoxy) is 1. The summed E-state index contributed by atoms with van der Waals surface area (Å²) in [6, 6.07) is 0. The number of halogens is 3. The van der Waals surface area contributed by atoms with Crippen molar-refractivity contribution in [3.05, 3.63) is 0 Å². The number of alkyl halides is 3. The lowest BCUT2D eigenvalue weighted by Gasteiger charge is -2.42. The average Bonchev–Trinajstić information content (AvgIpc) is 2.84. The molecule has 3 nitrogen and oxygen atoms in total. The lowest BCUT2D eigenvalue weighted by Crippen LogP contribution is -2.58. The first-order chi connectivity index (χ1) is 9.42. The molecule has 0 bridgehead atoms.